The number of allylic oxidation sites excluding steroid dienone is 1. The van der Waals surface area contributed by atoms with E-state index >= 15 is 0 Å². The number of nitrogens with zero attached hydrogens (tertiary/aromatic N) is 2. The van der Waals surface area contributed by atoms with Crippen molar-refractivity contribution < 1.29 is 0 Å². The molecule has 0 saturated heterocycles. The Hall–Kier alpha value is -3.52. The van der Waals surface area contributed by atoms with Crippen LogP contribution in [0.3, 0.4) is 0 Å². The molecule has 0 bridgehead atoms. The van der Waals surface area contributed by atoms with Crippen LogP contribution < -0.4 is 0 Å². The molecule has 0 unspecified atom stereocenters. The van der Waals surface area contributed by atoms with E-state index in [1.807, 2.05) is 34.6 Å². The van der Waals surface area contributed by atoms with Crippen molar-refractivity contribution in [1.82, 2.24) is 9.97 Å². The first-order valence-electron chi connectivity index (χ1n) is 14.0. The first kappa shape index (κ1) is 33.5. The summed E-state index contributed by atoms with van der Waals surface area (Å²) < 4.78 is 0. The van der Waals surface area contributed by atoms with Gasteiger partial charge >= 0.3 is 0 Å². The summed E-state index contributed by atoms with van der Waals surface area (Å²) in [6, 6.07) is 21.7. The lowest BCUT2D eigenvalue weighted by Crippen LogP contribution is -1.99. The molecule has 1 aromatic heterocycles. The average molecular weight is 523 g/mol. The predicted octanol–water partition coefficient (Wildman–Crippen LogP) is 10.5. The summed E-state index contributed by atoms with van der Waals surface area (Å²) in [7, 11) is 0. The molecule has 0 atom stereocenters. The largest absolute Gasteiger partial charge is 0.238 e. The second kappa shape index (κ2) is 16.4. The molecule has 4 aromatic rings. The molecule has 0 N–H and O–H groups in total. The Balaban J connectivity index is 0.000000317. The second-order valence-corrected chi connectivity index (χ2v) is 10.4. The zero-order valence-electron chi connectivity index (χ0n) is 26.7. The lowest BCUT2D eigenvalue weighted by atomic mass is 10.0. The molecule has 0 spiro atoms. The number of aryl methyl sites for hydroxylation is 10. The van der Waals surface area contributed by atoms with Crippen LogP contribution in [0.1, 0.15) is 88.1 Å². The highest BCUT2D eigenvalue weighted by Crippen LogP contribution is 2.21. The lowest BCUT2D eigenvalue weighted by Gasteiger charge is -2.08. The molecule has 0 aliphatic rings. The van der Waals surface area contributed by atoms with Gasteiger partial charge in [0.1, 0.15) is 5.82 Å². The third kappa shape index (κ3) is 12.3. The second-order valence-electron chi connectivity index (χ2n) is 10.4. The summed E-state index contributed by atoms with van der Waals surface area (Å²) in [5.74, 6) is 0.833. The summed E-state index contributed by atoms with van der Waals surface area (Å²) >= 11 is 0. The van der Waals surface area contributed by atoms with Crippen LogP contribution in [0.2, 0.25) is 0 Å². The van der Waals surface area contributed by atoms with Crippen molar-refractivity contribution in [1.29, 1.82) is 0 Å². The Labute approximate surface area is 239 Å². The summed E-state index contributed by atoms with van der Waals surface area (Å²) in [6.45, 7) is 27.0. The minimum atomic E-state index is 0.833. The zero-order valence-corrected chi connectivity index (χ0v) is 26.7. The molecule has 0 aliphatic carbocycles. The molecule has 0 aliphatic heterocycles. The third-order valence-corrected chi connectivity index (χ3v) is 6.04. The average Bonchev–Trinajstić information content (AvgIpc) is 2.82. The lowest BCUT2D eigenvalue weighted by molar-refractivity contribution is 0.969. The van der Waals surface area contributed by atoms with Crippen LogP contribution in [0.15, 0.2) is 60.7 Å². The molecular weight excluding hydrogens is 472 g/mol. The van der Waals surface area contributed by atoms with Gasteiger partial charge in [-0.15, -0.1) is 0 Å². The number of aromatic nitrogens is 2. The van der Waals surface area contributed by atoms with Crippen molar-refractivity contribution in [3.8, 4) is 0 Å². The monoisotopic (exact) mass is 522 g/mol. The molecule has 0 amide bonds. The number of hydrogen-bond donors (Lipinski definition) is 0. The Morgan fingerprint density at radius 1 is 0.487 bits per heavy atom. The van der Waals surface area contributed by atoms with Crippen LogP contribution in [0.25, 0.3) is 11.6 Å². The van der Waals surface area contributed by atoms with Crippen LogP contribution in [0.5, 0.6) is 0 Å². The Kier molecular flexibility index (Phi) is 14.1. The van der Waals surface area contributed by atoms with Crippen molar-refractivity contribution in [2.45, 2.75) is 90.0 Å². The standard InChI is InChI=1S/C17H20N2.2C9H12.C2H6/c1-11-6-8-16(9-7-11)12(2)10-17-13(3)18-15(5)19-14(17)4;2*1-7-4-8(2)6-9(3)5-7;1-2/h6-10H,1-5H3;2*4-6H,1-3H3;1-2H3/b12-10+;;;. The Bertz CT molecular complexity index is 1190. The molecule has 1 heterocycles. The van der Waals surface area contributed by atoms with Gasteiger partial charge in [0.15, 0.2) is 0 Å². The molecule has 0 saturated carbocycles. The topological polar surface area (TPSA) is 25.8 Å². The molecule has 4 rings (SSSR count). The van der Waals surface area contributed by atoms with E-state index in [1.165, 1.54) is 50.1 Å². The van der Waals surface area contributed by atoms with Crippen molar-refractivity contribution in [3.63, 3.8) is 0 Å². The maximum absolute atomic E-state index is 4.44. The fourth-order valence-electron chi connectivity index (χ4n) is 4.62. The quantitative estimate of drug-likeness (QED) is 0.262. The van der Waals surface area contributed by atoms with Gasteiger partial charge in [0.25, 0.3) is 0 Å². The third-order valence-electron chi connectivity index (χ3n) is 6.04. The van der Waals surface area contributed by atoms with Gasteiger partial charge in [-0.2, -0.15) is 0 Å². The van der Waals surface area contributed by atoms with Crippen molar-refractivity contribution in [2.24, 2.45) is 0 Å². The summed E-state index contributed by atoms with van der Waals surface area (Å²) in [5.41, 5.74) is 15.1. The van der Waals surface area contributed by atoms with Crippen LogP contribution in [0, 0.1) is 69.2 Å². The van der Waals surface area contributed by atoms with Crippen LogP contribution >= 0.6 is 0 Å². The highest BCUT2D eigenvalue weighted by molar-refractivity contribution is 5.81. The van der Waals surface area contributed by atoms with Crippen molar-refractivity contribution in [2.75, 3.05) is 0 Å². The summed E-state index contributed by atoms with van der Waals surface area (Å²) in [4.78, 5) is 8.88. The molecule has 39 heavy (non-hydrogen) atoms. The predicted molar refractivity (Wildman–Crippen MR) is 174 cm³/mol. The minimum Gasteiger partial charge on any atom is -0.238 e. The van der Waals surface area contributed by atoms with Crippen LogP contribution in [-0.2, 0) is 0 Å². The van der Waals surface area contributed by atoms with E-state index in [1.54, 1.807) is 0 Å². The van der Waals surface area contributed by atoms with E-state index < -0.39 is 0 Å². The van der Waals surface area contributed by atoms with E-state index in [0.29, 0.717) is 0 Å². The number of hydrogen-bond acceptors (Lipinski definition) is 2. The van der Waals surface area contributed by atoms with E-state index in [0.717, 1.165) is 22.8 Å². The summed E-state index contributed by atoms with van der Waals surface area (Å²) in [5, 5.41) is 0. The molecule has 0 radical (unpaired) electrons. The minimum absolute atomic E-state index is 0.833. The fourth-order valence-corrected chi connectivity index (χ4v) is 4.62. The maximum atomic E-state index is 4.44. The smallest absolute Gasteiger partial charge is 0.125 e. The SMILES string of the molecule is C/C(=C\c1c(C)nc(C)nc1C)c1ccc(C)cc1.CC.Cc1cc(C)cc(C)c1.Cc1cc(C)cc(C)c1. The van der Waals surface area contributed by atoms with Gasteiger partial charge < -0.3 is 0 Å². The van der Waals surface area contributed by atoms with Gasteiger partial charge in [-0.1, -0.05) is 113 Å². The first-order valence-corrected chi connectivity index (χ1v) is 14.0. The zero-order chi connectivity index (χ0) is 29.7. The van der Waals surface area contributed by atoms with Gasteiger partial charge in [-0.25, -0.2) is 9.97 Å². The van der Waals surface area contributed by atoms with Gasteiger partial charge in [0.2, 0.25) is 0 Å². The molecular formula is C37H50N2. The van der Waals surface area contributed by atoms with Crippen LogP contribution in [0.4, 0.5) is 0 Å². The fraction of sp³-hybridized carbons (Fsp3) is 0.351. The number of benzene rings is 3. The molecule has 2 heteroatoms. The van der Waals surface area contributed by atoms with E-state index in [2.05, 4.69) is 132 Å². The van der Waals surface area contributed by atoms with Crippen molar-refractivity contribution in [3.05, 3.63) is 128 Å². The van der Waals surface area contributed by atoms with Crippen molar-refractivity contribution >= 4 is 11.6 Å². The summed E-state index contributed by atoms with van der Waals surface area (Å²) in [6.07, 6.45) is 2.18. The van der Waals surface area contributed by atoms with E-state index in [9.17, 15) is 0 Å². The van der Waals surface area contributed by atoms with Crippen LogP contribution in [-0.4, -0.2) is 9.97 Å². The molecule has 0 fully saturated rings. The molecule has 208 valence electrons. The highest BCUT2D eigenvalue weighted by Gasteiger charge is 2.05. The Morgan fingerprint density at radius 3 is 1.10 bits per heavy atom. The normalized spacial score (nSPS) is 10.3. The first-order chi connectivity index (χ1) is 18.3. The highest BCUT2D eigenvalue weighted by atomic mass is 14.9. The van der Waals surface area contributed by atoms with Gasteiger partial charge in [-0.3, -0.25) is 0 Å². The number of rotatable bonds is 2. The molecule has 3 aromatic carbocycles. The van der Waals surface area contributed by atoms with Gasteiger partial charge in [0.05, 0.1) is 0 Å². The Morgan fingerprint density at radius 2 is 0.795 bits per heavy atom. The van der Waals surface area contributed by atoms with Gasteiger partial charge in [0, 0.05) is 17.0 Å². The maximum Gasteiger partial charge on any atom is 0.125 e. The molecule has 2 nitrogen and oxygen atoms in total. The van der Waals surface area contributed by atoms with Gasteiger partial charge in [-0.05, 0) is 93.4 Å². The van der Waals surface area contributed by atoms with E-state index in [4.69, 9.17) is 0 Å². The van der Waals surface area contributed by atoms with E-state index in [-0.39, 0.29) is 0 Å².